The summed E-state index contributed by atoms with van der Waals surface area (Å²) in [7, 11) is 0. The van der Waals surface area contributed by atoms with Gasteiger partial charge in [0.15, 0.2) is 0 Å². The van der Waals surface area contributed by atoms with Crippen LogP contribution in [0.1, 0.15) is 63.4 Å². The van der Waals surface area contributed by atoms with Crippen molar-refractivity contribution in [1.29, 1.82) is 0 Å². The Bertz CT molecular complexity index is 975. The molecule has 2 atom stereocenters. The summed E-state index contributed by atoms with van der Waals surface area (Å²) in [6, 6.07) is -1.31. The number of carbonyl (C=O) groups excluding carboxylic acids is 5. The Morgan fingerprint density at radius 1 is 1.06 bits per heavy atom. The smallest absolute Gasteiger partial charge is 0.271 e. The summed E-state index contributed by atoms with van der Waals surface area (Å²) >= 11 is 0. The number of carbonyl (C=O) groups is 5. The van der Waals surface area contributed by atoms with Crippen molar-refractivity contribution >= 4 is 29.5 Å². The molecule has 5 amide bonds. The summed E-state index contributed by atoms with van der Waals surface area (Å²) in [5, 5.41) is 10.8. The maximum atomic E-state index is 13.5. The minimum atomic E-state index is -0.906. The highest BCUT2D eigenvalue weighted by Crippen LogP contribution is 2.26. The average Bonchev–Trinajstić information content (AvgIpc) is 3.50. The zero-order valence-electron chi connectivity index (χ0n) is 21.0. The third-order valence-electron chi connectivity index (χ3n) is 6.06. The van der Waals surface area contributed by atoms with Gasteiger partial charge in [-0.2, -0.15) is 0 Å². The molecule has 2 aliphatic rings. The Morgan fingerprint density at radius 3 is 2.44 bits per heavy atom. The summed E-state index contributed by atoms with van der Waals surface area (Å²) in [5.74, 6) is -1.86. The third-order valence-corrected chi connectivity index (χ3v) is 6.06. The van der Waals surface area contributed by atoms with Crippen LogP contribution in [0.2, 0.25) is 0 Å². The van der Waals surface area contributed by atoms with Crippen molar-refractivity contribution in [1.82, 2.24) is 36.1 Å². The third kappa shape index (κ3) is 7.72. The monoisotopic (exact) mass is 501 g/mol. The van der Waals surface area contributed by atoms with Crippen molar-refractivity contribution in [2.45, 2.75) is 71.0 Å². The highest BCUT2D eigenvalue weighted by Gasteiger charge is 2.41. The molecule has 1 aliphatic carbocycles. The van der Waals surface area contributed by atoms with Gasteiger partial charge in [-0.3, -0.25) is 29.0 Å². The molecule has 0 spiro atoms. The van der Waals surface area contributed by atoms with Gasteiger partial charge in [-0.15, -0.1) is 0 Å². The zero-order valence-corrected chi connectivity index (χ0v) is 21.0. The van der Waals surface area contributed by atoms with E-state index in [0.29, 0.717) is 19.4 Å². The van der Waals surface area contributed by atoms with Crippen LogP contribution >= 0.6 is 0 Å². The minimum Gasteiger partial charge on any atom is -0.354 e. The number of hydrogen-bond acceptors (Lipinski definition) is 7. The van der Waals surface area contributed by atoms with Crippen molar-refractivity contribution in [2.24, 2.45) is 5.41 Å². The molecule has 2 fully saturated rings. The molecule has 1 saturated heterocycles. The predicted octanol–water partition coefficient (Wildman–Crippen LogP) is -0.487. The van der Waals surface area contributed by atoms with E-state index in [1.54, 1.807) is 0 Å². The van der Waals surface area contributed by atoms with Crippen molar-refractivity contribution in [3.63, 3.8) is 0 Å². The SMILES string of the molecule is CC(C)(C)C(NC(=O)CNC(=O)c1cnccn1)C(=O)N1CCC[C@H]1C(=O)NCCC(=O)NC1CC1. The first-order valence-corrected chi connectivity index (χ1v) is 12.3. The van der Waals surface area contributed by atoms with Gasteiger partial charge >= 0.3 is 0 Å². The molecule has 12 nitrogen and oxygen atoms in total. The lowest BCUT2D eigenvalue weighted by atomic mass is 9.85. The summed E-state index contributed by atoms with van der Waals surface area (Å²) in [6.45, 7) is 5.70. The van der Waals surface area contributed by atoms with E-state index < -0.39 is 29.3 Å². The molecule has 1 aromatic rings. The lowest BCUT2D eigenvalue weighted by Crippen LogP contribution is -2.58. The van der Waals surface area contributed by atoms with E-state index >= 15 is 0 Å². The van der Waals surface area contributed by atoms with Gasteiger partial charge in [0.1, 0.15) is 17.8 Å². The molecule has 1 unspecified atom stereocenters. The van der Waals surface area contributed by atoms with E-state index in [4.69, 9.17) is 0 Å². The maximum absolute atomic E-state index is 13.5. The van der Waals surface area contributed by atoms with Gasteiger partial charge in [-0.05, 0) is 31.1 Å². The van der Waals surface area contributed by atoms with Crippen LogP contribution in [0.25, 0.3) is 0 Å². The number of nitrogens with zero attached hydrogens (tertiary/aromatic N) is 3. The molecule has 4 N–H and O–H groups in total. The van der Waals surface area contributed by atoms with Crippen LogP contribution in [0.3, 0.4) is 0 Å². The van der Waals surface area contributed by atoms with Crippen molar-refractivity contribution < 1.29 is 24.0 Å². The number of nitrogens with one attached hydrogen (secondary N) is 4. The fraction of sp³-hybridized carbons (Fsp3) is 0.625. The van der Waals surface area contributed by atoms with E-state index in [1.165, 1.54) is 23.5 Å². The molecular weight excluding hydrogens is 466 g/mol. The second-order valence-electron chi connectivity index (χ2n) is 10.2. The first-order valence-electron chi connectivity index (χ1n) is 12.3. The van der Waals surface area contributed by atoms with Crippen molar-refractivity contribution in [3.8, 4) is 0 Å². The van der Waals surface area contributed by atoms with Gasteiger partial charge < -0.3 is 26.2 Å². The lowest BCUT2D eigenvalue weighted by molar-refractivity contribution is -0.143. The van der Waals surface area contributed by atoms with Crippen LogP contribution in [0.15, 0.2) is 18.6 Å². The lowest BCUT2D eigenvalue weighted by Gasteiger charge is -2.35. The standard InChI is InChI=1S/C24H35N7O5/c1-24(2,3)20(30-19(33)14-28-21(34)16-13-25-10-11-26-16)23(36)31-12-4-5-17(31)22(35)27-9-8-18(32)29-15-6-7-15/h10-11,13,15,17,20H,4-9,12,14H2,1-3H3,(H,27,35)(H,28,34)(H,29,32)(H,30,33)/t17-,20?/m0/s1. The number of aromatic nitrogens is 2. The van der Waals surface area contributed by atoms with Gasteiger partial charge in [-0.25, -0.2) is 4.98 Å². The Balaban J connectivity index is 1.54. The Kier molecular flexibility index (Phi) is 8.94. The molecule has 1 aromatic heterocycles. The predicted molar refractivity (Wildman–Crippen MR) is 129 cm³/mol. The molecule has 0 bridgehead atoms. The van der Waals surface area contributed by atoms with E-state index in [9.17, 15) is 24.0 Å². The molecule has 0 radical (unpaired) electrons. The van der Waals surface area contributed by atoms with Gasteiger partial charge in [-0.1, -0.05) is 20.8 Å². The Hall–Kier alpha value is -3.57. The summed E-state index contributed by atoms with van der Waals surface area (Å²) in [4.78, 5) is 72.1. The van der Waals surface area contributed by atoms with Gasteiger partial charge in [0.25, 0.3) is 5.91 Å². The fourth-order valence-electron chi connectivity index (χ4n) is 3.94. The fourth-order valence-corrected chi connectivity index (χ4v) is 3.94. The Labute approximate surface area is 210 Å². The Morgan fingerprint density at radius 2 is 1.81 bits per heavy atom. The number of hydrogen-bond donors (Lipinski definition) is 4. The van der Waals surface area contributed by atoms with E-state index in [-0.39, 0.29) is 49.0 Å². The van der Waals surface area contributed by atoms with Crippen LogP contribution in [0, 0.1) is 5.41 Å². The van der Waals surface area contributed by atoms with Crippen LogP contribution in [-0.4, -0.2) is 82.2 Å². The molecule has 2 heterocycles. The first-order chi connectivity index (χ1) is 17.1. The quantitative estimate of drug-likeness (QED) is 0.336. The molecule has 196 valence electrons. The second-order valence-corrected chi connectivity index (χ2v) is 10.2. The average molecular weight is 502 g/mol. The van der Waals surface area contributed by atoms with E-state index in [0.717, 1.165) is 12.8 Å². The minimum absolute atomic E-state index is 0.0738. The van der Waals surface area contributed by atoms with Gasteiger partial charge in [0.2, 0.25) is 23.6 Å². The highest BCUT2D eigenvalue weighted by atomic mass is 16.2. The number of rotatable bonds is 10. The van der Waals surface area contributed by atoms with Crippen LogP contribution < -0.4 is 21.3 Å². The number of likely N-dealkylation sites (tertiary alicyclic amines) is 1. The zero-order chi connectivity index (χ0) is 26.3. The van der Waals surface area contributed by atoms with Crippen molar-refractivity contribution in [2.75, 3.05) is 19.6 Å². The molecule has 12 heteroatoms. The summed E-state index contributed by atoms with van der Waals surface area (Å²) in [6.07, 6.45) is 7.43. The van der Waals surface area contributed by atoms with Gasteiger partial charge in [0, 0.05) is 37.9 Å². The summed E-state index contributed by atoms with van der Waals surface area (Å²) < 4.78 is 0. The molecule has 1 saturated carbocycles. The first kappa shape index (κ1) is 27.0. The van der Waals surface area contributed by atoms with Crippen LogP contribution in [0.5, 0.6) is 0 Å². The molecule has 1 aliphatic heterocycles. The van der Waals surface area contributed by atoms with E-state index in [1.807, 2.05) is 20.8 Å². The largest absolute Gasteiger partial charge is 0.354 e. The van der Waals surface area contributed by atoms with Gasteiger partial charge in [0.05, 0.1) is 12.7 Å². The molecular formula is C24H35N7O5. The molecule has 0 aromatic carbocycles. The van der Waals surface area contributed by atoms with E-state index in [2.05, 4.69) is 31.2 Å². The second kappa shape index (κ2) is 11.9. The molecule has 3 rings (SSSR count). The normalized spacial score (nSPS) is 18.2. The topological polar surface area (TPSA) is 162 Å². The number of amides is 5. The highest BCUT2D eigenvalue weighted by molar-refractivity contribution is 5.96. The van der Waals surface area contributed by atoms with Crippen LogP contribution in [-0.2, 0) is 19.2 Å². The maximum Gasteiger partial charge on any atom is 0.271 e. The van der Waals surface area contributed by atoms with Crippen LogP contribution in [0.4, 0.5) is 0 Å². The van der Waals surface area contributed by atoms with Crippen molar-refractivity contribution in [3.05, 3.63) is 24.3 Å². The summed E-state index contributed by atoms with van der Waals surface area (Å²) in [5.41, 5.74) is -0.573. The molecule has 36 heavy (non-hydrogen) atoms.